The molecule has 2 amide bonds. The average molecular weight is 459 g/mol. The van der Waals surface area contributed by atoms with Gasteiger partial charge in [0.2, 0.25) is 5.91 Å². The SMILES string of the molecule is Cc1ccccc1CN(C(=O)c1cccs1)c1ccc(CC(=O)N(C)Cc2ccco2)cc1. The van der Waals surface area contributed by atoms with E-state index >= 15 is 0 Å². The molecule has 0 N–H and O–H groups in total. The number of carbonyl (C=O) groups is 2. The van der Waals surface area contributed by atoms with E-state index in [4.69, 9.17) is 4.42 Å². The highest BCUT2D eigenvalue weighted by Crippen LogP contribution is 2.24. The van der Waals surface area contributed by atoms with E-state index in [1.54, 1.807) is 23.1 Å². The van der Waals surface area contributed by atoms with Gasteiger partial charge in [0.05, 0.1) is 30.7 Å². The summed E-state index contributed by atoms with van der Waals surface area (Å²) in [6.45, 7) is 2.97. The third-order valence-electron chi connectivity index (χ3n) is 5.57. The number of furan rings is 1. The van der Waals surface area contributed by atoms with Gasteiger partial charge in [-0.1, -0.05) is 42.5 Å². The predicted molar refractivity (Wildman–Crippen MR) is 131 cm³/mol. The van der Waals surface area contributed by atoms with Crippen LogP contribution in [0.3, 0.4) is 0 Å². The van der Waals surface area contributed by atoms with Crippen molar-refractivity contribution in [2.24, 2.45) is 0 Å². The first-order valence-electron chi connectivity index (χ1n) is 10.8. The maximum Gasteiger partial charge on any atom is 0.268 e. The molecule has 2 aromatic carbocycles. The van der Waals surface area contributed by atoms with Crippen molar-refractivity contribution in [3.05, 3.63) is 112 Å². The zero-order chi connectivity index (χ0) is 23.2. The van der Waals surface area contributed by atoms with Crippen LogP contribution in [0.2, 0.25) is 0 Å². The van der Waals surface area contributed by atoms with Crippen LogP contribution in [0.1, 0.15) is 32.1 Å². The summed E-state index contributed by atoms with van der Waals surface area (Å²) in [5.74, 6) is 0.723. The molecule has 0 bridgehead atoms. The molecule has 4 rings (SSSR count). The van der Waals surface area contributed by atoms with Gasteiger partial charge in [0.25, 0.3) is 5.91 Å². The summed E-state index contributed by atoms with van der Waals surface area (Å²) in [6, 6.07) is 23.2. The molecule has 0 saturated carbocycles. The molecule has 0 aliphatic rings. The molecular formula is C27H26N2O3S. The normalized spacial score (nSPS) is 10.7. The van der Waals surface area contributed by atoms with Crippen molar-refractivity contribution in [3.8, 4) is 0 Å². The van der Waals surface area contributed by atoms with Crippen molar-refractivity contribution in [2.45, 2.75) is 26.4 Å². The van der Waals surface area contributed by atoms with Crippen molar-refractivity contribution in [1.82, 2.24) is 4.90 Å². The Hall–Kier alpha value is -3.64. The summed E-state index contributed by atoms with van der Waals surface area (Å²) in [5, 5.41) is 1.91. The molecule has 0 aliphatic carbocycles. The minimum absolute atomic E-state index is 0.00517. The number of aryl methyl sites for hydroxylation is 1. The Kier molecular flexibility index (Phi) is 7.05. The Morgan fingerprint density at radius 1 is 0.909 bits per heavy atom. The third-order valence-corrected chi connectivity index (χ3v) is 6.43. The van der Waals surface area contributed by atoms with Crippen LogP contribution in [0.4, 0.5) is 5.69 Å². The molecule has 0 unspecified atom stereocenters. The summed E-state index contributed by atoms with van der Waals surface area (Å²) >= 11 is 1.44. The van der Waals surface area contributed by atoms with Gasteiger partial charge in [0.15, 0.2) is 0 Å². The van der Waals surface area contributed by atoms with E-state index < -0.39 is 0 Å². The summed E-state index contributed by atoms with van der Waals surface area (Å²) in [6.07, 6.45) is 1.89. The Balaban J connectivity index is 1.51. The minimum atomic E-state index is -0.0322. The van der Waals surface area contributed by atoms with Crippen LogP contribution in [-0.4, -0.2) is 23.8 Å². The number of thiophene rings is 1. The van der Waals surface area contributed by atoms with Gasteiger partial charge in [-0.25, -0.2) is 0 Å². The van der Waals surface area contributed by atoms with Crippen LogP contribution in [0, 0.1) is 6.92 Å². The first-order valence-corrected chi connectivity index (χ1v) is 11.6. The van der Waals surface area contributed by atoms with Crippen molar-refractivity contribution in [1.29, 1.82) is 0 Å². The van der Waals surface area contributed by atoms with Gasteiger partial charge < -0.3 is 14.2 Å². The van der Waals surface area contributed by atoms with E-state index in [2.05, 4.69) is 13.0 Å². The topological polar surface area (TPSA) is 53.8 Å². The number of hydrogen-bond donors (Lipinski definition) is 0. The first kappa shape index (κ1) is 22.6. The summed E-state index contributed by atoms with van der Waals surface area (Å²) < 4.78 is 5.33. The fourth-order valence-electron chi connectivity index (χ4n) is 3.60. The molecule has 0 aliphatic heterocycles. The lowest BCUT2D eigenvalue weighted by Gasteiger charge is -2.24. The smallest absolute Gasteiger partial charge is 0.268 e. The van der Waals surface area contributed by atoms with Gasteiger partial charge in [-0.05, 0) is 59.3 Å². The standard InChI is InChI=1S/C27H26N2O3S/c1-20-7-3-4-8-22(20)18-29(27(31)25-10-6-16-33-25)23-13-11-21(12-14-23)17-26(30)28(2)19-24-9-5-15-32-24/h3-16H,17-19H2,1-2H3. The second kappa shape index (κ2) is 10.3. The van der Waals surface area contributed by atoms with E-state index in [0.717, 1.165) is 28.1 Å². The van der Waals surface area contributed by atoms with Gasteiger partial charge in [-0.3, -0.25) is 9.59 Å². The molecule has 5 nitrogen and oxygen atoms in total. The van der Waals surface area contributed by atoms with Gasteiger partial charge >= 0.3 is 0 Å². The highest BCUT2D eigenvalue weighted by atomic mass is 32.1. The van der Waals surface area contributed by atoms with Crippen LogP contribution in [0.15, 0.2) is 88.9 Å². The molecular weight excluding hydrogens is 432 g/mol. The largest absolute Gasteiger partial charge is 0.467 e. The zero-order valence-electron chi connectivity index (χ0n) is 18.7. The molecule has 0 saturated heterocycles. The number of hydrogen-bond acceptors (Lipinski definition) is 4. The summed E-state index contributed by atoms with van der Waals surface area (Å²) in [5.41, 5.74) is 3.94. The second-order valence-corrected chi connectivity index (χ2v) is 8.92. The summed E-state index contributed by atoms with van der Waals surface area (Å²) in [4.78, 5) is 30.1. The first-order chi connectivity index (χ1) is 16.0. The number of benzene rings is 2. The lowest BCUT2D eigenvalue weighted by atomic mass is 10.1. The van der Waals surface area contributed by atoms with E-state index in [-0.39, 0.29) is 18.2 Å². The Labute approximate surface area is 197 Å². The molecule has 0 radical (unpaired) electrons. The van der Waals surface area contributed by atoms with Crippen molar-refractivity contribution < 1.29 is 14.0 Å². The maximum absolute atomic E-state index is 13.3. The Morgan fingerprint density at radius 2 is 1.70 bits per heavy atom. The van der Waals surface area contributed by atoms with E-state index in [9.17, 15) is 9.59 Å². The van der Waals surface area contributed by atoms with Crippen molar-refractivity contribution in [3.63, 3.8) is 0 Å². The van der Waals surface area contributed by atoms with Crippen LogP contribution >= 0.6 is 11.3 Å². The lowest BCUT2D eigenvalue weighted by molar-refractivity contribution is -0.129. The number of carbonyl (C=O) groups excluding carboxylic acids is 2. The van der Waals surface area contributed by atoms with E-state index in [1.807, 2.05) is 72.1 Å². The highest BCUT2D eigenvalue weighted by Gasteiger charge is 2.20. The van der Waals surface area contributed by atoms with Gasteiger partial charge in [0.1, 0.15) is 5.76 Å². The Bertz CT molecular complexity index is 1200. The van der Waals surface area contributed by atoms with Crippen LogP contribution in [-0.2, 0) is 24.3 Å². The molecule has 33 heavy (non-hydrogen) atoms. The minimum Gasteiger partial charge on any atom is -0.467 e. The quantitative estimate of drug-likeness (QED) is 0.340. The van der Waals surface area contributed by atoms with Gasteiger partial charge in [-0.2, -0.15) is 0 Å². The monoisotopic (exact) mass is 458 g/mol. The Morgan fingerprint density at radius 3 is 2.36 bits per heavy atom. The van der Waals surface area contributed by atoms with Crippen LogP contribution in [0.5, 0.6) is 0 Å². The fourth-order valence-corrected chi connectivity index (χ4v) is 4.27. The number of amides is 2. The fraction of sp³-hybridized carbons (Fsp3) is 0.185. The number of likely N-dealkylation sites (N-methyl/N-ethyl adjacent to an activating group) is 1. The molecule has 168 valence electrons. The average Bonchev–Trinajstić information content (AvgIpc) is 3.53. The van der Waals surface area contributed by atoms with Gasteiger partial charge in [-0.15, -0.1) is 11.3 Å². The van der Waals surface area contributed by atoms with E-state index in [1.165, 1.54) is 11.3 Å². The van der Waals surface area contributed by atoms with Crippen LogP contribution in [0.25, 0.3) is 0 Å². The van der Waals surface area contributed by atoms with Crippen molar-refractivity contribution in [2.75, 3.05) is 11.9 Å². The molecule has 2 heterocycles. The van der Waals surface area contributed by atoms with Gasteiger partial charge in [0, 0.05) is 12.7 Å². The number of anilines is 1. The molecule has 0 atom stereocenters. The van der Waals surface area contributed by atoms with Crippen molar-refractivity contribution >= 4 is 28.8 Å². The second-order valence-electron chi connectivity index (χ2n) is 7.97. The molecule has 4 aromatic rings. The summed E-state index contributed by atoms with van der Waals surface area (Å²) in [7, 11) is 1.77. The lowest BCUT2D eigenvalue weighted by Crippen LogP contribution is -2.30. The molecule has 0 spiro atoms. The maximum atomic E-state index is 13.3. The van der Waals surface area contributed by atoms with Crippen LogP contribution < -0.4 is 4.90 Å². The predicted octanol–water partition coefficient (Wildman–Crippen LogP) is 5.70. The number of rotatable bonds is 8. The zero-order valence-corrected chi connectivity index (χ0v) is 19.5. The number of nitrogens with zero attached hydrogens (tertiary/aromatic N) is 2. The molecule has 6 heteroatoms. The highest BCUT2D eigenvalue weighted by molar-refractivity contribution is 7.12. The molecule has 0 fully saturated rings. The molecule has 2 aromatic heterocycles. The van der Waals surface area contributed by atoms with E-state index in [0.29, 0.717) is 18.0 Å². The third kappa shape index (κ3) is 5.59.